The summed E-state index contributed by atoms with van der Waals surface area (Å²) < 4.78 is 0. The summed E-state index contributed by atoms with van der Waals surface area (Å²) in [6.45, 7) is 4.01. The average Bonchev–Trinajstić information content (AvgIpc) is 3.11. The third-order valence-electron chi connectivity index (χ3n) is 9.56. The third-order valence-corrected chi connectivity index (χ3v) is 9.56. The van der Waals surface area contributed by atoms with Crippen molar-refractivity contribution in [3.8, 4) is 0 Å². The van der Waals surface area contributed by atoms with Crippen LogP contribution < -0.4 is 5.32 Å². The molecule has 288 valence electrons. The Morgan fingerprint density at radius 1 is 0.490 bits per heavy atom. The monoisotopic (exact) mass is 692 g/mol. The Labute approximate surface area is 303 Å². The normalized spacial score (nSPS) is 14.7. The zero-order valence-electron chi connectivity index (χ0n) is 32.2. The molecule has 0 aliphatic rings. The summed E-state index contributed by atoms with van der Waals surface area (Å²) in [7, 11) is 0. The smallest absolute Gasteiger partial charge is 0.249 e. The van der Waals surface area contributed by atoms with Gasteiger partial charge in [-0.15, -0.1) is 0 Å². The van der Waals surface area contributed by atoms with E-state index in [2.05, 4.69) is 55.6 Å². The molecule has 4 unspecified atom stereocenters. The molecule has 0 aliphatic heterocycles. The second kappa shape index (κ2) is 37.8. The molecule has 0 bridgehead atoms. The minimum Gasteiger partial charge on any atom is -0.394 e. The van der Waals surface area contributed by atoms with Crippen LogP contribution in [0.25, 0.3) is 0 Å². The number of hydrogen-bond acceptors (Lipinski definition) is 5. The Balaban J connectivity index is 3.84. The Morgan fingerprint density at radius 2 is 0.857 bits per heavy atom. The summed E-state index contributed by atoms with van der Waals surface area (Å²) in [5.74, 6) is -0.602. The quantitative estimate of drug-likeness (QED) is 0.0329. The summed E-state index contributed by atoms with van der Waals surface area (Å²) in [5, 5.41) is 43.5. The van der Waals surface area contributed by atoms with Gasteiger partial charge in [-0.25, -0.2) is 0 Å². The maximum atomic E-state index is 12.4. The molecule has 0 aromatic heterocycles. The lowest BCUT2D eigenvalue weighted by molar-refractivity contribution is -0.132. The molecule has 6 nitrogen and oxygen atoms in total. The maximum absolute atomic E-state index is 12.4. The first-order chi connectivity index (χ1) is 24.0. The predicted octanol–water partition coefficient (Wildman–Crippen LogP) is 10.6. The van der Waals surface area contributed by atoms with Gasteiger partial charge in [-0.1, -0.05) is 172 Å². The average molecular weight is 692 g/mol. The third kappa shape index (κ3) is 32.2. The molecule has 0 saturated carbocycles. The molecule has 4 atom stereocenters. The fourth-order valence-electron chi connectivity index (χ4n) is 6.20. The maximum Gasteiger partial charge on any atom is 0.249 e. The minimum atomic E-state index is -1.29. The van der Waals surface area contributed by atoms with E-state index in [9.17, 15) is 25.2 Å². The summed E-state index contributed by atoms with van der Waals surface area (Å²) >= 11 is 0. The number of amides is 1. The first-order valence-electron chi connectivity index (χ1n) is 20.9. The molecule has 1 amide bonds. The van der Waals surface area contributed by atoms with E-state index in [1.165, 1.54) is 116 Å². The topological polar surface area (TPSA) is 110 Å². The Bertz CT molecular complexity index is 782. The van der Waals surface area contributed by atoms with E-state index in [1.807, 2.05) is 0 Å². The van der Waals surface area contributed by atoms with Crippen LogP contribution in [-0.2, 0) is 4.79 Å². The first-order valence-corrected chi connectivity index (χ1v) is 20.9. The van der Waals surface area contributed by atoms with Crippen molar-refractivity contribution < 1.29 is 25.2 Å². The van der Waals surface area contributed by atoms with Crippen molar-refractivity contribution in [1.29, 1.82) is 0 Å². The Hall–Kier alpha value is -1.47. The number of rotatable bonds is 37. The number of carbonyl (C=O) groups excluding carboxylic acids is 1. The van der Waals surface area contributed by atoms with Gasteiger partial charge < -0.3 is 25.7 Å². The minimum absolute atomic E-state index is 0.360. The lowest BCUT2D eigenvalue weighted by Crippen LogP contribution is -2.53. The summed E-state index contributed by atoms with van der Waals surface area (Å²) in [4.78, 5) is 12.4. The van der Waals surface area contributed by atoms with Gasteiger partial charge >= 0.3 is 0 Å². The lowest BCUT2D eigenvalue weighted by Gasteiger charge is -2.27. The van der Waals surface area contributed by atoms with Crippen molar-refractivity contribution in [2.24, 2.45) is 0 Å². The molecule has 5 N–H and O–H groups in total. The van der Waals surface area contributed by atoms with Crippen molar-refractivity contribution in [2.75, 3.05) is 6.61 Å². The van der Waals surface area contributed by atoms with Gasteiger partial charge in [0.25, 0.3) is 0 Å². The van der Waals surface area contributed by atoms with Crippen LogP contribution in [0.5, 0.6) is 0 Å². The summed E-state index contributed by atoms with van der Waals surface area (Å²) in [6.07, 6.45) is 43.2. The van der Waals surface area contributed by atoms with Gasteiger partial charge in [0.2, 0.25) is 5.91 Å². The van der Waals surface area contributed by atoms with Crippen molar-refractivity contribution >= 4 is 5.91 Å². The highest BCUT2D eigenvalue weighted by atomic mass is 16.3. The van der Waals surface area contributed by atoms with Gasteiger partial charge in [-0.3, -0.25) is 4.79 Å². The van der Waals surface area contributed by atoms with Crippen molar-refractivity contribution in [3.05, 3.63) is 36.5 Å². The SMILES string of the molecule is CCCCCCCCCCC/C=C/CC/C=C/CC/C=C/CCCC(O)C(O)C(CO)NC(=O)C(O)CCCCCCCCCCCCC. The Morgan fingerprint density at radius 3 is 1.29 bits per heavy atom. The number of carbonyl (C=O) groups is 1. The summed E-state index contributed by atoms with van der Waals surface area (Å²) in [5.41, 5.74) is 0. The number of aliphatic hydroxyl groups excluding tert-OH is 4. The fourth-order valence-corrected chi connectivity index (χ4v) is 6.20. The van der Waals surface area contributed by atoms with Crippen molar-refractivity contribution in [1.82, 2.24) is 5.32 Å². The van der Waals surface area contributed by atoms with Crippen LogP contribution in [0.1, 0.15) is 200 Å². The summed E-state index contributed by atoms with van der Waals surface area (Å²) in [6, 6.07) is -1.01. The molecule has 0 spiro atoms. The molecule has 6 heteroatoms. The zero-order chi connectivity index (χ0) is 36.0. The lowest BCUT2D eigenvalue weighted by atomic mass is 10.00. The fraction of sp³-hybridized carbons (Fsp3) is 0.837. The molecule has 49 heavy (non-hydrogen) atoms. The van der Waals surface area contributed by atoms with Gasteiger partial charge in [0.05, 0.1) is 18.8 Å². The second-order valence-electron chi connectivity index (χ2n) is 14.3. The highest BCUT2D eigenvalue weighted by molar-refractivity contribution is 5.80. The number of aliphatic hydroxyl groups is 4. The molecule has 0 rings (SSSR count). The van der Waals surface area contributed by atoms with Crippen molar-refractivity contribution in [2.45, 2.75) is 224 Å². The number of allylic oxidation sites excluding steroid dienone is 6. The van der Waals surface area contributed by atoms with Crippen LogP contribution >= 0.6 is 0 Å². The molecule has 0 heterocycles. The van der Waals surface area contributed by atoms with E-state index in [0.717, 1.165) is 51.4 Å². The highest BCUT2D eigenvalue weighted by Crippen LogP contribution is 2.14. The van der Waals surface area contributed by atoms with Crippen LogP contribution in [0.3, 0.4) is 0 Å². The molecule has 0 aromatic rings. The zero-order valence-corrected chi connectivity index (χ0v) is 32.2. The van der Waals surface area contributed by atoms with Crippen LogP contribution in [0, 0.1) is 0 Å². The van der Waals surface area contributed by atoms with E-state index in [4.69, 9.17) is 0 Å². The first kappa shape index (κ1) is 47.5. The molecular weight excluding hydrogens is 610 g/mol. The number of nitrogens with one attached hydrogen (secondary N) is 1. The molecule has 0 fully saturated rings. The van der Waals surface area contributed by atoms with E-state index in [-0.39, 0.29) is 0 Å². The van der Waals surface area contributed by atoms with Gasteiger partial charge in [0.1, 0.15) is 12.2 Å². The highest BCUT2D eigenvalue weighted by Gasteiger charge is 2.28. The van der Waals surface area contributed by atoms with E-state index < -0.39 is 36.9 Å². The van der Waals surface area contributed by atoms with Gasteiger partial charge in [0, 0.05) is 0 Å². The van der Waals surface area contributed by atoms with Crippen LogP contribution in [0.4, 0.5) is 0 Å². The molecule has 0 saturated heterocycles. The van der Waals surface area contributed by atoms with Crippen LogP contribution in [-0.4, -0.2) is 57.3 Å². The molecule has 0 radical (unpaired) electrons. The van der Waals surface area contributed by atoms with E-state index >= 15 is 0 Å². The van der Waals surface area contributed by atoms with E-state index in [1.54, 1.807) is 0 Å². The van der Waals surface area contributed by atoms with Crippen molar-refractivity contribution in [3.63, 3.8) is 0 Å². The molecule has 0 aromatic carbocycles. The Kier molecular flexibility index (Phi) is 36.6. The standard InChI is InChI=1S/C43H81NO5/c1-3-5-7-9-11-13-15-16-17-18-19-20-21-22-23-24-25-27-28-30-32-34-36-40(46)42(48)39(38-45)44-43(49)41(47)37-35-33-31-29-26-14-12-10-8-6-4-2/h19-20,23-24,28,30,39-42,45-48H,3-18,21-22,25-27,29,31-38H2,1-2H3,(H,44,49)/b20-19+,24-23+,30-28+. The number of hydrogen-bond donors (Lipinski definition) is 5. The van der Waals surface area contributed by atoms with Crippen LogP contribution in [0.15, 0.2) is 36.5 Å². The second-order valence-corrected chi connectivity index (χ2v) is 14.3. The molecular formula is C43H81NO5. The number of unbranched alkanes of at least 4 members (excludes halogenated alkanes) is 22. The predicted molar refractivity (Wildman–Crippen MR) is 210 cm³/mol. The van der Waals surface area contributed by atoms with Gasteiger partial charge in [-0.2, -0.15) is 0 Å². The molecule has 0 aliphatic carbocycles. The van der Waals surface area contributed by atoms with Gasteiger partial charge in [-0.05, 0) is 64.2 Å². The largest absolute Gasteiger partial charge is 0.394 e. The van der Waals surface area contributed by atoms with Gasteiger partial charge in [0.15, 0.2) is 0 Å². The van der Waals surface area contributed by atoms with Crippen LogP contribution in [0.2, 0.25) is 0 Å². The van der Waals surface area contributed by atoms with E-state index in [0.29, 0.717) is 19.3 Å².